The molecule has 2 aromatic carbocycles. The van der Waals surface area contributed by atoms with Crippen molar-refractivity contribution < 1.29 is 18.0 Å². The molecule has 8 nitrogen and oxygen atoms in total. The van der Waals surface area contributed by atoms with E-state index in [-0.39, 0.29) is 10.5 Å². The summed E-state index contributed by atoms with van der Waals surface area (Å²) in [5.74, 6) is -0.938. The van der Waals surface area contributed by atoms with Crippen LogP contribution >= 0.6 is 0 Å². The van der Waals surface area contributed by atoms with Crippen LogP contribution in [0, 0.1) is 0 Å². The highest BCUT2D eigenvalue weighted by atomic mass is 32.2. The molecule has 172 valence electrons. The van der Waals surface area contributed by atoms with Gasteiger partial charge in [-0.15, -0.1) is 0 Å². The van der Waals surface area contributed by atoms with Crippen LogP contribution in [0.3, 0.4) is 0 Å². The summed E-state index contributed by atoms with van der Waals surface area (Å²) in [6, 6.07) is 11.3. The minimum atomic E-state index is -3.54. The maximum atomic E-state index is 12.8. The summed E-state index contributed by atoms with van der Waals surface area (Å²) >= 11 is 0. The number of para-hydroxylation sites is 1. The molecule has 0 unspecified atom stereocenters. The van der Waals surface area contributed by atoms with Crippen LogP contribution in [-0.4, -0.2) is 42.6 Å². The molecule has 9 heteroatoms. The van der Waals surface area contributed by atoms with E-state index in [1.54, 1.807) is 6.07 Å². The number of aromatic amines is 1. The van der Waals surface area contributed by atoms with Crippen LogP contribution in [0.4, 0.5) is 0 Å². The van der Waals surface area contributed by atoms with Gasteiger partial charge in [0.25, 0.3) is 11.8 Å². The largest absolute Gasteiger partial charge is 0.358 e. The zero-order valence-corrected chi connectivity index (χ0v) is 19.0. The molecular weight excluding hydrogens is 440 g/mol. The number of fused-ring (bicyclic) bond motifs is 3. The first-order chi connectivity index (χ1) is 15.9. The summed E-state index contributed by atoms with van der Waals surface area (Å²) in [5.41, 5.74) is 8.87. The summed E-state index contributed by atoms with van der Waals surface area (Å²) in [4.78, 5) is 28.9. The van der Waals surface area contributed by atoms with Crippen LogP contribution in [0.2, 0.25) is 0 Å². The molecule has 1 saturated heterocycles. The predicted octanol–water partition coefficient (Wildman–Crippen LogP) is 2.91. The first-order valence-corrected chi connectivity index (χ1v) is 12.7. The van der Waals surface area contributed by atoms with Gasteiger partial charge in [-0.05, 0) is 74.4 Å². The van der Waals surface area contributed by atoms with E-state index in [4.69, 9.17) is 0 Å². The second-order valence-corrected chi connectivity index (χ2v) is 10.5. The Kier molecular flexibility index (Phi) is 5.67. The normalized spacial score (nSPS) is 16.5. The second kappa shape index (κ2) is 8.64. The Balaban J connectivity index is 1.28. The minimum Gasteiger partial charge on any atom is -0.358 e. The highest BCUT2D eigenvalue weighted by Crippen LogP contribution is 2.30. The fraction of sp³-hybridized carbons (Fsp3) is 0.333. The van der Waals surface area contributed by atoms with Crippen molar-refractivity contribution in [2.45, 2.75) is 43.4 Å². The van der Waals surface area contributed by atoms with Gasteiger partial charge in [0.2, 0.25) is 10.0 Å². The lowest BCUT2D eigenvalue weighted by atomic mass is 9.95. The van der Waals surface area contributed by atoms with Crippen molar-refractivity contribution in [2.75, 3.05) is 13.1 Å². The molecule has 33 heavy (non-hydrogen) atoms. The number of aryl methyl sites for hydroxylation is 2. The standard InChI is InChI=1S/C24H26N4O4S/c29-23(16-10-12-17(13-11-16)33(31,32)28-14-3-4-15-28)26-27-24(30)20-8-5-7-19-18-6-1-2-9-21(18)25-22(19)20/h5,7-8,10-13,25H,1-4,6,9,14-15H2,(H,26,29)(H,27,30). The number of hydrogen-bond donors (Lipinski definition) is 3. The predicted molar refractivity (Wildman–Crippen MR) is 124 cm³/mol. The Bertz CT molecular complexity index is 1320. The monoisotopic (exact) mass is 466 g/mol. The van der Waals surface area contributed by atoms with Crippen molar-refractivity contribution in [3.05, 3.63) is 64.8 Å². The van der Waals surface area contributed by atoms with Crippen molar-refractivity contribution in [1.29, 1.82) is 0 Å². The van der Waals surface area contributed by atoms with Gasteiger partial charge in [0, 0.05) is 29.7 Å². The Morgan fingerprint density at radius 2 is 1.55 bits per heavy atom. The van der Waals surface area contributed by atoms with Gasteiger partial charge in [0.15, 0.2) is 0 Å². The Morgan fingerprint density at radius 3 is 2.30 bits per heavy atom. The topological polar surface area (TPSA) is 111 Å². The zero-order chi connectivity index (χ0) is 23.0. The maximum Gasteiger partial charge on any atom is 0.271 e. The number of amides is 2. The quantitative estimate of drug-likeness (QED) is 0.513. The molecule has 0 radical (unpaired) electrons. The molecule has 0 spiro atoms. The van der Waals surface area contributed by atoms with Crippen molar-refractivity contribution >= 4 is 32.7 Å². The number of benzene rings is 2. The van der Waals surface area contributed by atoms with E-state index >= 15 is 0 Å². The number of sulfonamides is 1. The van der Waals surface area contributed by atoms with Gasteiger partial charge in [0.1, 0.15) is 0 Å². The van der Waals surface area contributed by atoms with Crippen molar-refractivity contribution in [3.8, 4) is 0 Å². The Labute approximate surface area is 192 Å². The number of carbonyl (C=O) groups excluding carboxylic acids is 2. The van der Waals surface area contributed by atoms with Crippen LogP contribution < -0.4 is 10.9 Å². The van der Waals surface area contributed by atoms with E-state index in [1.807, 2.05) is 12.1 Å². The Hall–Kier alpha value is -3.17. The van der Waals surface area contributed by atoms with E-state index in [2.05, 4.69) is 15.8 Å². The molecule has 0 bridgehead atoms. The van der Waals surface area contributed by atoms with Crippen LogP contribution in [0.25, 0.3) is 10.9 Å². The average molecular weight is 467 g/mol. The lowest BCUT2D eigenvalue weighted by Gasteiger charge is -2.15. The maximum absolute atomic E-state index is 12.8. The van der Waals surface area contributed by atoms with Crippen molar-refractivity contribution in [1.82, 2.24) is 20.1 Å². The van der Waals surface area contributed by atoms with Crippen molar-refractivity contribution in [2.24, 2.45) is 0 Å². The van der Waals surface area contributed by atoms with Gasteiger partial charge in [-0.1, -0.05) is 12.1 Å². The molecule has 0 atom stereocenters. The summed E-state index contributed by atoms with van der Waals surface area (Å²) in [7, 11) is -3.54. The van der Waals surface area contributed by atoms with Crippen LogP contribution in [0.5, 0.6) is 0 Å². The Morgan fingerprint density at radius 1 is 0.848 bits per heavy atom. The molecule has 2 aliphatic rings. The number of H-pyrrole nitrogens is 1. The summed E-state index contributed by atoms with van der Waals surface area (Å²) in [5, 5.41) is 1.05. The molecule has 1 aliphatic heterocycles. The number of hydrogen-bond acceptors (Lipinski definition) is 4. The van der Waals surface area contributed by atoms with Crippen LogP contribution in [0.15, 0.2) is 47.4 Å². The lowest BCUT2D eigenvalue weighted by Crippen LogP contribution is -2.41. The van der Waals surface area contributed by atoms with E-state index in [0.717, 1.165) is 49.4 Å². The lowest BCUT2D eigenvalue weighted by molar-refractivity contribution is 0.0847. The first kappa shape index (κ1) is 21.7. The van der Waals surface area contributed by atoms with Crippen LogP contribution in [-0.2, 0) is 22.9 Å². The van der Waals surface area contributed by atoms with Gasteiger partial charge in [-0.25, -0.2) is 8.42 Å². The van der Waals surface area contributed by atoms with Gasteiger partial charge in [0.05, 0.1) is 16.0 Å². The van der Waals surface area contributed by atoms with E-state index < -0.39 is 21.8 Å². The highest BCUT2D eigenvalue weighted by Gasteiger charge is 2.27. The number of nitrogens with one attached hydrogen (secondary N) is 3. The molecule has 5 rings (SSSR count). The third-order valence-electron chi connectivity index (χ3n) is 6.49. The summed E-state index contributed by atoms with van der Waals surface area (Å²) < 4.78 is 26.7. The van der Waals surface area contributed by atoms with E-state index in [0.29, 0.717) is 18.7 Å². The molecule has 1 fully saturated rings. The van der Waals surface area contributed by atoms with E-state index in [1.165, 1.54) is 39.8 Å². The van der Waals surface area contributed by atoms with Gasteiger partial charge in [-0.3, -0.25) is 20.4 Å². The number of hydrazine groups is 1. The summed E-state index contributed by atoms with van der Waals surface area (Å²) in [6.45, 7) is 1.04. The fourth-order valence-corrected chi connectivity index (χ4v) is 6.25. The van der Waals surface area contributed by atoms with Gasteiger partial charge >= 0.3 is 0 Å². The first-order valence-electron chi connectivity index (χ1n) is 11.3. The second-order valence-electron chi connectivity index (χ2n) is 8.56. The van der Waals surface area contributed by atoms with Gasteiger partial charge < -0.3 is 4.98 Å². The summed E-state index contributed by atoms with van der Waals surface area (Å²) in [6.07, 6.45) is 5.97. The number of rotatable bonds is 4. The number of aromatic nitrogens is 1. The average Bonchev–Trinajstić information content (AvgIpc) is 3.51. The molecule has 3 N–H and O–H groups in total. The molecule has 1 aromatic heterocycles. The highest BCUT2D eigenvalue weighted by molar-refractivity contribution is 7.89. The SMILES string of the molecule is O=C(NNC(=O)c1cccc2c3c([nH]c12)CCCC3)c1ccc(S(=O)(=O)N2CCCC2)cc1. The minimum absolute atomic E-state index is 0.160. The molecule has 0 saturated carbocycles. The van der Waals surface area contributed by atoms with Gasteiger partial charge in [-0.2, -0.15) is 4.31 Å². The smallest absolute Gasteiger partial charge is 0.271 e. The fourth-order valence-electron chi connectivity index (χ4n) is 4.73. The molecule has 2 heterocycles. The zero-order valence-electron chi connectivity index (χ0n) is 18.2. The number of carbonyl (C=O) groups is 2. The molecular formula is C24H26N4O4S. The molecule has 1 aliphatic carbocycles. The van der Waals surface area contributed by atoms with Crippen LogP contribution in [0.1, 0.15) is 57.7 Å². The molecule has 3 aromatic rings. The number of nitrogens with zero attached hydrogens (tertiary/aromatic N) is 1. The third kappa shape index (κ3) is 4.02. The molecule has 2 amide bonds. The van der Waals surface area contributed by atoms with Crippen molar-refractivity contribution in [3.63, 3.8) is 0 Å². The third-order valence-corrected chi connectivity index (χ3v) is 8.40. The van der Waals surface area contributed by atoms with E-state index in [9.17, 15) is 18.0 Å².